The Balaban J connectivity index is 2.21. The standard InChI is InChI=1S/C13H17NO5/c1-18-12-7-6-9(14(16)17)8-13(12)19-11-5-3-2-4-10(11)15/h6-8,10-11,15H,2-5H2,1H3. The first kappa shape index (κ1) is 13.6. The summed E-state index contributed by atoms with van der Waals surface area (Å²) in [7, 11) is 1.48. The second-order valence-electron chi connectivity index (χ2n) is 4.60. The van der Waals surface area contributed by atoms with Gasteiger partial charge in [0.25, 0.3) is 5.69 Å². The molecule has 0 amide bonds. The molecule has 1 aromatic rings. The Hall–Kier alpha value is -1.82. The Morgan fingerprint density at radius 2 is 2.05 bits per heavy atom. The van der Waals surface area contributed by atoms with Gasteiger partial charge in [-0.3, -0.25) is 10.1 Å². The average molecular weight is 267 g/mol. The summed E-state index contributed by atoms with van der Waals surface area (Å²) in [6, 6.07) is 4.20. The van der Waals surface area contributed by atoms with Crippen LogP contribution in [0.2, 0.25) is 0 Å². The first-order valence-electron chi connectivity index (χ1n) is 6.29. The van der Waals surface area contributed by atoms with Crippen LogP contribution >= 0.6 is 0 Å². The van der Waals surface area contributed by atoms with Crippen molar-refractivity contribution < 1.29 is 19.5 Å². The maximum absolute atomic E-state index is 10.8. The second-order valence-corrected chi connectivity index (χ2v) is 4.60. The van der Waals surface area contributed by atoms with Gasteiger partial charge in [-0.25, -0.2) is 0 Å². The smallest absolute Gasteiger partial charge is 0.273 e. The van der Waals surface area contributed by atoms with Gasteiger partial charge >= 0.3 is 0 Å². The fraction of sp³-hybridized carbons (Fsp3) is 0.538. The number of methoxy groups -OCH3 is 1. The molecule has 6 heteroatoms. The highest BCUT2D eigenvalue weighted by Crippen LogP contribution is 2.34. The minimum atomic E-state index is -0.530. The molecule has 1 aliphatic carbocycles. The fourth-order valence-corrected chi connectivity index (χ4v) is 2.25. The van der Waals surface area contributed by atoms with Gasteiger partial charge in [0.2, 0.25) is 0 Å². The Kier molecular flexibility index (Phi) is 4.21. The lowest BCUT2D eigenvalue weighted by atomic mass is 9.95. The Morgan fingerprint density at radius 3 is 2.68 bits per heavy atom. The van der Waals surface area contributed by atoms with Crippen LogP contribution in [0, 0.1) is 10.1 Å². The monoisotopic (exact) mass is 267 g/mol. The lowest BCUT2D eigenvalue weighted by molar-refractivity contribution is -0.385. The van der Waals surface area contributed by atoms with E-state index in [1.807, 2.05) is 0 Å². The van der Waals surface area contributed by atoms with Crippen LogP contribution in [-0.2, 0) is 0 Å². The molecule has 1 N–H and O–H groups in total. The third-order valence-corrected chi connectivity index (χ3v) is 3.30. The van der Waals surface area contributed by atoms with Gasteiger partial charge < -0.3 is 14.6 Å². The van der Waals surface area contributed by atoms with Crippen molar-refractivity contribution >= 4 is 5.69 Å². The highest BCUT2D eigenvalue weighted by Gasteiger charge is 2.26. The summed E-state index contributed by atoms with van der Waals surface area (Å²) in [5.74, 6) is 0.742. The van der Waals surface area contributed by atoms with E-state index >= 15 is 0 Å². The van der Waals surface area contributed by atoms with E-state index in [0.717, 1.165) is 19.3 Å². The van der Waals surface area contributed by atoms with Crippen LogP contribution < -0.4 is 9.47 Å². The quantitative estimate of drug-likeness (QED) is 0.668. The largest absolute Gasteiger partial charge is 0.493 e. The molecular weight excluding hydrogens is 250 g/mol. The molecule has 2 atom stereocenters. The number of hydrogen-bond donors (Lipinski definition) is 1. The van der Waals surface area contributed by atoms with Gasteiger partial charge in [0.05, 0.1) is 24.2 Å². The first-order valence-corrected chi connectivity index (χ1v) is 6.29. The van der Waals surface area contributed by atoms with Crippen LogP contribution in [0.4, 0.5) is 5.69 Å². The molecule has 1 saturated carbocycles. The molecule has 0 aromatic heterocycles. The van der Waals surface area contributed by atoms with Crippen LogP contribution in [0.1, 0.15) is 25.7 Å². The van der Waals surface area contributed by atoms with E-state index in [2.05, 4.69) is 0 Å². The van der Waals surface area contributed by atoms with Gasteiger partial charge in [0.15, 0.2) is 11.5 Å². The summed E-state index contributed by atoms with van der Waals surface area (Å²) >= 11 is 0. The van der Waals surface area contributed by atoms with Gasteiger partial charge in [-0.1, -0.05) is 6.42 Å². The van der Waals surface area contributed by atoms with Crippen molar-refractivity contribution in [2.75, 3.05) is 7.11 Å². The number of aliphatic hydroxyl groups excluding tert-OH is 1. The molecule has 0 aliphatic heterocycles. The van der Waals surface area contributed by atoms with Crippen molar-refractivity contribution in [2.45, 2.75) is 37.9 Å². The lowest BCUT2D eigenvalue weighted by Crippen LogP contribution is -2.34. The van der Waals surface area contributed by atoms with E-state index in [1.54, 1.807) is 0 Å². The van der Waals surface area contributed by atoms with Gasteiger partial charge in [0, 0.05) is 6.07 Å². The van der Waals surface area contributed by atoms with Crippen molar-refractivity contribution in [2.24, 2.45) is 0 Å². The molecule has 19 heavy (non-hydrogen) atoms. The second kappa shape index (κ2) is 5.88. The molecule has 2 unspecified atom stereocenters. The molecule has 2 rings (SSSR count). The summed E-state index contributed by atoms with van der Waals surface area (Å²) in [6.45, 7) is 0. The minimum Gasteiger partial charge on any atom is -0.493 e. The number of nitro groups is 1. The zero-order valence-corrected chi connectivity index (χ0v) is 10.7. The Labute approximate surface area is 111 Å². The van der Waals surface area contributed by atoms with E-state index in [4.69, 9.17) is 9.47 Å². The molecule has 0 heterocycles. The number of benzene rings is 1. The van der Waals surface area contributed by atoms with E-state index in [0.29, 0.717) is 17.9 Å². The first-order chi connectivity index (χ1) is 9.11. The SMILES string of the molecule is COc1ccc([N+](=O)[O-])cc1OC1CCCCC1O. The normalized spacial score (nSPS) is 22.8. The Bertz CT molecular complexity index is 462. The topological polar surface area (TPSA) is 81.8 Å². The summed E-state index contributed by atoms with van der Waals surface area (Å²) in [5, 5.41) is 20.6. The van der Waals surface area contributed by atoms with E-state index in [1.165, 1.54) is 25.3 Å². The summed E-state index contributed by atoms with van der Waals surface area (Å²) < 4.78 is 10.8. The highest BCUT2D eigenvalue weighted by molar-refractivity contribution is 5.48. The molecule has 1 aromatic carbocycles. The van der Waals surface area contributed by atoms with E-state index in [-0.39, 0.29) is 11.8 Å². The molecule has 104 valence electrons. The van der Waals surface area contributed by atoms with Crippen molar-refractivity contribution in [1.29, 1.82) is 0 Å². The van der Waals surface area contributed by atoms with E-state index < -0.39 is 11.0 Å². The molecule has 0 radical (unpaired) electrons. The molecule has 0 spiro atoms. The lowest BCUT2D eigenvalue weighted by Gasteiger charge is -2.28. The number of non-ortho nitro benzene ring substituents is 1. The van der Waals surface area contributed by atoms with Crippen LogP contribution in [0.15, 0.2) is 18.2 Å². The predicted octanol–water partition coefficient (Wildman–Crippen LogP) is 2.29. The third kappa shape index (κ3) is 3.14. The number of rotatable bonds is 4. The van der Waals surface area contributed by atoms with Crippen molar-refractivity contribution in [3.8, 4) is 11.5 Å². The molecular formula is C13H17NO5. The highest BCUT2D eigenvalue weighted by atomic mass is 16.6. The maximum atomic E-state index is 10.8. The van der Waals surface area contributed by atoms with Crippen LogP contribution in [-0.4, -0.2) is 29.3 Å². The molecule has 6 nitrogen and oxygen atoms in total. The minimum absolute atomic E-state index is 0.0545. The fourth-order valence-electron chi connectivity index (χ4n) is 2.25. The maximum Gasteiger partial charge on any atom is 0.273 e. The third-order valence-electron chi connectivity index (χ3n) is 3.30. The van der Waals surface area contributed by atoms with Gasteiger partial charge in [-0.15, -0.1) is 0 Å². The summed E-state index contributed by atoms with van der Waals surface area (Å²) in [5.41, 5.74) is -0.0545. The predicted molar refractivity (Wildman–Crippen MR) is 68.5 cm³/mol. The molecule has 0 bridgehead atoms. The zero-order chi connectivity index (χ0) is 13.8. The van der Waals surface area contributed by atoms with Crippen LogP contribution in [0.25, 0.3) is 0 Å². The van der Waals surface area contributed by atoms with Crippen LogP contribution in [0.5, 0.6) is 11.5 Å². The zero-order valence-electron chi connectivity index (χ0n) is 10.7. The van der Waals surface area contributed by atoms with Crippen molar-refractivity contribution in [3.05, 3.63) is 28.3 Å². The van der Waals surface area contributed by atoms with Gasteiger partial charge in [-0.2, -0.15) is 0 Å². The number of hydrogen-bond acceptors (Lipinski definition) is 5. The summed E-state index contributed by atoms with van der Waals surface area (Å²) in [4.78, 5) is 10.3. The van der Waals surface area contributed by atoms with Crippen LogP contribution in [0.3, 0.4) is 0 Å². The average Bonchev–Trinajstić information content (AvgIpc) is 2.41. The Morgan fingerprint density at radius 1 is 1.32 bits per heavy atom. The molecule has 1 fully saturated rings. The number of aliphatic hydroxyl groups is 1. The molecule has 1 aliphatic rings. The molecule has 0 saturated heterocycles. The van der Waals surface area contributed by atoms with Crippen molar-refractivity contribution in [1.82, 2.24) is 0 Å². The van der Waals surface area contributed by atoms with E-state index in [9.17, 15) is 15.2 Å². The van der Waals surface area contributed by atoms with Gasteiger partial charge in [0.1, 0.15) is 6.10 Å². The number of ether oxygens (including phenoxy) is 2. The van der Waals surface area contributed by atoms with Gasteiger partial charge in [-0.05, 0) is 25.3 Å². The summed E-state index contributed by atoms with van der Waals surface area (Å²) in [6.07, 6.45) is 2.54. The number of nitrogens with zero attached hydrogens (tertiary/aromatic N) is 1. The van der Waals surface area contributed by atoms with Crippen molar-refractivity contribution in [3.63, 3.8) is 0 Å². The number of nitro benzene ring substituents is 1.